The number of hydrogen-bond acceptors (Lipinski definition) is 5. The van der Waals surface area contributed by atoms with Crippen LogP contribution in [0.15, 0.2) is 34.9 Å². The Balaban J connectivity index is 1.94. The van der Waals surface area contributed by atoms with Crippen LogP contribution < -0.4 is 5.32 Å². The number of nitrogens with one attached hydrogen (secondary N) is 1. The van der Waals surface area contributed by atoms with Gasteiger partial charge in [0.15, 0.2) is 5.82 Å². The van der Waals surface area contributed by atoms with Crippen LogP contribution in [0.1, 0.15) is 43.6 Å². The molecule has 0 amide bonds. The Bertz CT molecular complexity index is 525. The summed E-state index contributed by atoms with van der Waals surface area (Å²) in [5.74, 6) is 1.85. The van der Waals surface area contributed by atoms with E-state index in [-0.39, 0.29) is 12.6 Å². The smallest absolute Gasteiger partial charge is 0.240 e. The molecule has 1 aromatic carbocycles. The highest BCUT2D eigenvalue weighted by atomic mass is 16.5. The lowest BCUT2D eigenvalue weighted by Crippen LogP contribution is -2.22. The van der Waals surface area contributed by atoms with Gasteiger partial charge < -0.3 is 14.9 Å². The van der Waals surface area contributed by atoms with Gasteiger partial charge in [-0.15, -0.1) is 0 Å². The Kier molecular flexibility index (Phi) is 5.90. The molecule has 5 nitrogen and oxygen atoms in total. The first kappa shape index (κ1) is 15.7. The molecule has 5 heteroatoms. The van der Waals surface area contributed by atoms with Crippen LogP contribution in [0.4, 0.5) is 0 Å². The molecule has 1 heterocycles. The molecule has 2 N–H and O–H groups in total. The third-order valence-electron chi connectivity index (χ3n) is 3.22. The third kappa shape index (κ3) is 4.95. The third-order valence-corrected chi connectivity index (χ3v) is 3.22. The van der Waals surface area contributed by atoms with Crippen LogP contribution >= 0.6 is 0 Å². The average Bonchev–Trinajstić information content (AvgIpc) is 2.91. The Morgan fingerprint density at radius 3 is 2.67 bits per heavy atom. The summed E-state index contributed by atoms with van der Waals surface area (Å²) in [5.41, 5.74) is 1.15. The second kappa shape index (κ2) is 7.90. The van der Waals surface area contributed by atoms with E-state index >= 15 is 0 Å². The molecule has 0 aliphatic rings. The summed E-state index contributed by atoms with van der Waals surface area (Å²) in [5, 5.41) is 16.5. The molecule has 0 fully saturated rings. The van der Waals surface area contributed by atoms with Crippen LogP contribution in [-0.2, 0) is 13.0 Å². The number of aromatic nitrogens is 2. The van der Waals surface area contributed by atoms with Crippen molar-refractivity contribution in [2.45, 2.75) is 39.3 Å². The summed E-state index contributed by atoms with van der Waals surface area (Å²) in [7, 11) is 0. The minimum Gasteiger partial charge on any atom is -0.396 e. The van der Waals surface area contributed by atoms with Gasteiger partial charge in [0.1, 0.15) is 0 Å². The van der Waals surface area contributed by atoms with Crippen molar-refractivity contribution in [3.63, 3.8) is 0 Å². The largest absolute Gasteiger partial charge is 0.396 e. The number of aliphatic hydroxyl groups excluding tert-OH is 1. The summed E-state index contributed by atoms with van der Waals surface area (Å²) in [6, 6.07) is 10.1. The Morgan fingerprint density at radius 1 is 1.24 bits per heavy atom. The topological polar surface area (TPSA) is 71.2 Å². The van der Waals surface area contributed by atoms with Crippen LogP contribution in [0.25, 0.3) is 0 Å². The van der Waals surface area contributed by atoms with Crippen molar-refractivity contribution in [1.82, 2.24) is 15.5 Å². The second-order valence-electron chi connectivity index (χ2n) is 5.56. The fourth-order valence-corrected chi connectivity index (χ4v) is 2.22. The molecule has 0 radical (unpaired) electrons. The van der Waals surface area contributed by atoms with Crippen molar-refractivity contribution in [1.29, 1.82) is 0 Å². The monoisotopic (exact) mass is 289 g/mol. The number of rotatable bonds is 8. The van der Waals surface area contributed by atoms with Crippen LogP contribution in [0.5, 0.6) is 0 Å². The maximum atomic E-state index is 9.21. The molecule has 2 aromatic rings. The van der Waals surface area contributed by atoms with Crippen molar-refractivity contribution in [2.75, 3.05) is 6.61 Å². The highest BCUT2D eigenvalue weighted by Crippen LogP contribution is 2.16. The number of benzene rings is 1. The van der Waals surface area contributed by atoms with E-state index in [1.54, 1.807) is 0 Å². The Hall–Kier alpha value is -1.72. The van der Waals surface area contributed by atoms with Gasteiger partial charge in [-0.25, -0.2) is 0 Å². The lowest BCUT2D eigenvalue weighted by molar-refractivity contribution is 0.261. The Labute approximate surface area is 125 Å². The first-order chi connectivity index (χ1) is 10.2. The van der Waals surface area contributed by atoms with Gasteiger partial charge in [-0.1, -0.05) is 49.3 Å². The summed E-state index contributed by atoms with van der Waals surface area (Å²) < 4.78 is 5.24. The van der Waals surface area contributed by atoms with Gasteiger partial charge in [0.05, 0.1) is 6.54 Å². The quantitative estimate of drug-likeness (QED) is 0.781. The van der Waals surface area contributed by atoms with Crippen molar-refractivity contribution in [3.05, 3.63) is 47.6 Å². The molecule has 0 spiro atoms. The van der Waals surface area contributed by atoms with Gasteiger partial charge in [-0.3, -0.25) is 0 Å². The van der Waals surface area contributed by atoms with E-state index in [1.807, 2.05) is 30.3 Å². The lowest BCUT2D eigenvalue weighted by Gasteiger charge is -2.16. The standard InChI is InChI=1S/C16H23N3O2/c1-12(2)10-15-18-16(21-19-15)11-17-14(8-9-20)13-6-4-3-5-7-13/h3-7,12,14,17,20H,8-11H2,1-2H3. The molecule has 0 saturated carbocycles. The number of aliphatic hydroxyl groups is 1. The van der Waals surface area contributed by atoms with Crippen LogP contribution in [-0.4, -0.2) is 21.9 Å². The van der Waals surface area contributed by atoms with E-state index in [2.05, 4.69) is 29.3 Å². The molecule has 1 unspecified atom stereocenters. The Morgan fingerprint density at radius 2 is 2.00 bits per heavy atom. The van der Waals surface area contributed by atoms with Crippen molar-refractivity contribution < 1.29 is 9.63 Å². The number of hydrogen-bond donors (Lipinski definition) is 2. The molecule has 0 aliphatic carbocycles. The lowest BCUT2D eigenvalue weighted by atomic mass is 10.0. The van der Waals surface area contributed by atoms with Crippen LogP contribution in [0, 0.1) is 5.92 Å². The minimum atomic E-state index is 0.0802. The molecule has 2 rings (SSSR count). The average molecular weight is 289 g/mol. The van der Waals surface area contributed by atoms with E-state index in [4.69, 9.17) is 4.52 Å². The van der Waals surface area contributed by atoms with Gasteiger partial charge in [0.25, 0.3) is 0 Å². The summed E-state index contributed by atoms with van der Waals surface area (Å²) in [6.45, 7) is 4.89. The summed E-state index contributed by atoms with van der Waals surface area (Å²) in [6.07, 6.45) is 1.47. The van der Waals surface area contributed by atoms with Gasteiger partial charge >= 0.3 is 0 Å². The van der Waals surface area contributed by atoms with Crippen molar-refractivity contribution in [3.8, 4) is 0 Å². The SMILES string of the molecule is CC(C)Cc1noc(CNC(CCO)c2ccccc2)n1. The maximum absolute atomic E-state index is 9.21. The molecular formula is C16H23N3O2. The highest BCUT2D eigenvalue weighted by molar-refractivity contribution is 5.18. The zero-order valence-electron chi connectivity index (χ0n) is 12.6. The molecule has 21 heavy (non-hydrogen) atoms. The van der Waals surface area contributed by atoms with E-state index in [0.717, 1.165) is 17.8 Å². The van der Waals surface area contributed by atoms with Gasteiger partial charge in [-0.05, 0) is 17.9 Å². The van der Waals surface area contributed by atoms with Crippen molar-refractivity contribution in [2.24, 2.45) is 5.92 Å². The molecule has 0 bridgehead atoms. The van der Waals surface area contributed by atoms with E-state index in [1.165, 1.54) is 0 Å². The van der Waals surface area contributed by atoms with Gasteiger partial charge in [-0.2, -0.15) is 4.98 Å². The van der Waals surface area contributed by atoms with Gasteiger partial charge in [0, 0.05) is 19.1 Å². The second-order valence-corrected chi connectivity index (χ2v) is 5.56. The fraction of sp³-hybridized carbons (Fsp3) is 0.500. The molecular weight excluding hydrogens is 266 g/mol. The predicted molar refractivity (Wildman–Crippen MR) is 80.6 cm³/mol. The maximum Gasteiger partial charge on any atom is 0.240 e. The minimum absolute atomic E-state index is 0.0802. The highest BCUT2D eigenvalue weighted by Gasteiger charge is 2.13. The zero-order valence-corrected chi connectivity index (χ0v) is 12.6. The molecule has 1 aromatic heterocycles. The zero-order chi connectivity index (χ0) is 15.1. The molecule has 114 valence electrons. The first-order valence-corrected chi connectivity index (χ1v) is 7.39. The van der Waals surface area contributed by atoms with Crippen LogP contribution in [0.3, 0.4) is 0 Å². The molecule has 0 aliphatic heterocycles. The summed E-state index contributed by atoms with van der Waals surface area (Å²) in [4.78, 5) is 4.37. The molecule has 1 atom stereocenters. The van der Waals surface area contributed by atoms with E-state index in [9.17, 15) is 5.11 Å². The predicted octanol–water partition coefficient (Wildman–Crippen LogP) is 2.48. The van der Waals surface area contributed by atoms with E-state index in [0.29, 0.717) is 24.8 Å². The normalized spacial score (nSPS) is 12.8. The van der Waals surface area contributed by atoms with Crippen molar-refractivity contribution >= 4 is 0 Å². The summed E-state index contributed by atoms with van der Waals surface area (Å²) >= 11 is 0. The fourth-order valence-electron chi connectivity index (χ4n) is 2.22. The van der Waals surface area contributed by atoms with Gasteiger partial charge in [0.2, 0.25) is 5.89 Å². The van der Waals surface area contributed by atoms with E-state index < -0.39 is 0 Å². The van der Waals surface area contributed by atoms with Crippen LogP contribution in [0.2, 0.25) is 0 Å². The number of nitrogens with zero attached hydrogens (tertiary/aromatic N) is 2. The first-order valence-electron chi connectivity index (χ1n) is 7.39. The molecule has 0 saturated heterocycles.